The molecule has 4 heteroatoms. The molecule has 0 fully saturated rings. The summed E-state index contributed by atoms with van der Waals surface area (Å²) in [7, 11) is 0. The smallest absolute Gasteiger partial charge is 0.201 e. The molecule has 2 aromatic carbocycles. The van der Waals surface area contributed by atoms with Crippen LogP contribution >= 0.6 is 0 Å². The fraction of sp³-hybridized carbons (Fsp3) is 0.188. The lowest BCUT2D eigenvalue weighted by Crippen LogP contribution is -2.07. The molecule has 0 radical (unpaired) electrons. The first-order chi connectivity index (χ1) is 9.31. The van der Waals surface area contributed by atoms with Crippen LogP contribution in [0.15, 0.2) is 24.3 Å². The minimum absolute atomic E-state index is 0.0880. The van der Waals surface area contributed by atoms with Crippen LogP contribution in [-0.2, 0) is 0 Å². The zero-order valence-electron chi connectivity index (χ0n) is 11.6. The Morgan fingerprint density at radius 2 is 1.30 bits per heavy atom. The fourth-order valence-corrected chi connectivity index (χ4v) is 2.41. The van der Waals surface area contributed by atoms with Gasteiger partial charge in [0.1, 0.15) is 17.2 Å². The molecular formula is C16H16O4. The van der Waals surface area contributed by atoms with Crippen molar-refractivity contribution in [3.05, 3.63) is 52.1 Å². The predicted octanol–water partition coefficient (Wildman–Crippen LogP) is 2.96. The summed E-state index contributed by atoms with van der Waals surface area (Å²) in [6.07, 6.45) is 0. The zero-order valence-corrected chi connectivity index (χ0v) is 11.6. The maximum atomic E-state index is 12.6. The van der Waals surface area contributed by atoms with E-state index in [0.717, 1.165) is 11.6 Å². The summed E-state index contributed by atoms with van der Waals surface area (Å²) in [6.45, 7) is 5.17. The van der Waals surface area contributed by atoms with Crippen LogP contribution in [0.2, 0.25) is 0 Å². The second-order valence-electron chi connectivity index (χ2n) is 4.96. The summed E-state index contributed by atoms with van der Waals surface area (Å²) < 4.78 is 0. The van der Waals surface area contributed by atoms with Gasteiger partial charge in [-0.2, -0.15) is 0 Å². The van der Waals surface area contributed by atoms with Crippen molar-refractivity contribution in [3.63, 3.8) is 0 Å². The maximum absolute atomic E-state index is 12.6. The van der Waals surface area contributed by atoms with E-state index in [-0.39, 0.29) is 28.4 Å². The van der Waals surface area contributed by atoms with Crippen LogP contribution in [0.5, 0.6) is 17.2 Å². The number of rotatable bonds is 2. The molecule has 2 aromatic rings. The van der Waals surface area contributed by atoms with E-state index in [4.69, 9.17) is 0 Å². The number of phenolic OH excluding ortho intramolecular Hbond substituents is 3. The van der Waals surface area contributed by atoms with Crippen LogP contribution in [0.25, 0.3) is 0 Å². The van der Waals surface area contributed by atoms with Crippen molar-refractivity contribution in [2.75, 3.05) is 0 Å². The van der Waals surface area contributed by atoms with Gasteiger partial charge in [-0.3, -0.25) is 4.79 Å². The Morgan fingerprint density at radius 3 is 1.80 bits per heavy atom. The summed E-state index contributed by atoms with van der Waals surface area (Å²) in [5, 5.41) is 29.3. The minimum atomic E-state index is -0.463. The summed E-state index contributed by atoms with van der Waals surface area (Å²) >= 11 is 0. The number of carbonyl (C=O) groups is 1. The number of phenols is 3. The van der Waals surface area contributed by atoms with E-state index < -0.39 is 5.78 Å². The third kappa shape index (κ3) is 2.32. The molecule has 0 amide bonds. The van der Waals surface area contributed by atoms with Gasteiger partial charge in [0.25, 0.3) is 0 Å². The lowest BCUT2D eigenvalue weighted by molar-refractivity contribution is 0.103. The van der Waals surface area contributed by atoms with Gasteiger partial charge < -0.3 is 15.3 Å². The number of carbonyl (C=O) groups excluding carboxylic acids is 1. The molecule has 2 rings (SSSR count). The Bertz CT molecular complexity index is 596. The number of aromatic hydroxyl groups is 3. The number of benzene rings is 2. The first-order valence-electron chi connectivity index (χ1n) is 6.18. The van der Waals surface area contributed by atoms with Crippen LogP contribution in [0.1, 0.15) is 32.6 Å². The predicted molar refractivity (Wildman–Crippen MR) is 75.5 cm³/mol. The van der Waals surface area contributed by atoms with E-state index in [1.807, 2.05) is 6.92 Å². The number of ketones is 1. The standard InChI is InChI=1S/C16H16O4/c1-8-4-9(2)14(12(18)5-8)16(20)15-10(3)6-11(17)7-13(15)19/h4-7,17-19H,1-3H3. The summed E-state index contributed by atoms with van der Waals surface area (Å²) in [5.74, 6) is -0.984. The molecule has 4 nitrogen and oxygen atoms in total. The van der Waals surface area contributed by atoms with E-state index >= 15 is 0 Å². The van der Waals surface area contributed by atoms with Crippen molar-refractivity contribution in [2.45, 2.75) is 20.8 Å². The van der Waals surface area contributed by atoms with E-state index in [1.165, 1.54) is 12.1 Å². The molecule has 0 aliphatic carbocycles. The molecule has 104 valence electrons. The quantitative estimate of drug-likeness (QED) is 0.734. The van der Waals surface area contributed by atoms with Crippen molar-refractivity contribution in [2.24, 2.45) is 0 Å². The van der Waals surface area contributed by atoms with Crippen molar-refractivity contribution in [1.29, 1.82) is 0 Å². The molecule has 0 aromatic heterocycles. The normalized spacial score (nSPS) is 10.6. The third-order valence-electron chi connectivity index (χ3n) is 3.21. The number of hydrogen-bond donors (Lipinski definition) is 3. The second kappa shape index (κ2) is 4.89. The van der Waals surface area contributed by atoms with E-state index in [2.05, 4.69) is 0 Å². The zero-order chi connectivity index (χ0) is 15.0. The van der Waals surface area contributed by atoms with Gasteiger partial charge in [0.05, 0.1) is 11.1 Å². The van der Waals surface area contributed by atoms with Gasteiger partial charge in [0.15, 0.2) is 0 Å². The van der Waals surface area contributed by atoms with Crippen LogP contribution in [0.4, 0.5) is 0 Å². The largest absolute Gasteiger partial charge is 0.508 e. The Morgan fingerprint density at radius 1 is 0.800 bits per heavy atom. The van der Waals surface area contributed by atoms with Crippen LogP contribution in [0, 0.1) is 20.8 Å². The lowest BCUT2D eigenvalue weighted by atomic mass is 9.93. The van der Waals surface area contributed by atoms with Crippen molar-refractivity contribution < 1.29 is 20.1 Å². The molecule has 3 N–H and O–H groups in total. The average molecular weight is 272 g/mol. The molecule has 0 unspecified atom stereocenters. The molecule has 0 aliphatic heterocycles. The Hall–Kier alpha value is -2.49. The first-order valence-corrected chi connectivity index (χ1v) is 6.18. The lowest BCUT2D eigenvalue weighted by Gasteiger charge is -2.12. The van der Waals surface area contributed by atoms with Crippen molar-refractivity contribution in [1.82, 2.24) is 0 Å². The van der Waals surface area contributed by atoms with Gasteiger partial charge in [-0.1, -0.05) is 6.07 Å². The number of aryl methyl sites for hydroxylation is 3. The molecule has 0 spiro atoms. The van der Waals surface area contributed by atoms with Crippen molar-refractivity contribution in [3.8, 4) is 17.2 Å². The molecule has 0 aliphatic rings. The van der Waals surface area contributed by atoms with Gasteiger partial charge in [0.2, 0.25) is 5.78 Å². The van der Waals surface area contributed by atoms with E-state index in [1.54, 1.807) is 19.9 Å². The van der Waals surface area contributed by atoms with Gasteiger partial charge >= 0.3 is 0 Å². The highest BCUT2D eigenvalue weighted by Crippen LogP contribution is 2.32. The van der Waals surface area contributed by atoms with Gasteiger partial charge in [0, 0.05) is 6.07 Å². The van der Waals surface area contributed by atoms with Gasteiger partial charge in [-0.05, 0) is 49.6 Å². The van der Waals surface area contributed by atoms with Gasteiger partial charge in [-0.25, -0.2) is 0 Å². The Labute approximate surface area is 116 Å². The highest BCUT2D eigenvalue weighted by Gasteiger charge is 2.22. The Balaban J connectivity index is 2.64. The van der Waals surface area contributed by atoms with Crippen LogP contribution in [0.3, 0.4) is 0 Å². The topological polar surface area (TPSA) is 77.8 Å². The Kier molecular flexibility index (Phi) is 3.40. The minimum Gasteiger partial charge on any atom is -0.508 e. The van der Waals surface area contributed by atoms with E-state index in [9.17, 15) is 20.1 Å². The third-order valence-corrected chi connectivity index (χ3v) is 3.21. The molecule has 0 atom stereocenters. The van der Waals surface area contributed by atoms with Gasteiger partial charge in [-0.15, -0.1) is 0 Å². The summed E-state index contributed by atoms with van der Waals surface area (Å²) in [5.41, 5.74) is 2.19. The van der Waals surface area contributed by atoms with E-state index in [0.29, 0.717) is 11.1 Å². The summed E-state index contributed by atoms with van der Waals surface area (Å²) in [6, 6.07) is 5.81. The number of hydrogen-bond acceptors (Lipinski definition) is 4. The molecule has 20 heavy (non-hydrogen) atoms. The second-order valence-corrected chi connectivity index (χ2v) is 4.96. The highest BCUT2D eigenvalue weighted by molar-refractivity contribution is 6.14. The SMILES string of the molecule is Cc1cc(C)c(C(=O)c2c(C)cc(O)cc2O)c(O)c1. The average Bonchev–Trinajstić information content (AvgIpc) is 2.25. The summed E-state index contributed by atoms with van der Waals surface area (Å²) in [4.78, 5) is 12.6. The first kappa shape index (κ1) is 13.9. The molecule has 0 saturated heterocycles. The highest BCUT2D eigenvalue weighted by atomic mass is 16.3. The maximum Gasteiger partial charge on any atom is 0.201 e. The van der Waals surface area contributed by atoms with Crippen LogP contribution < -0.4 is 0 Å². The molecule has 0 saturated carbocycles. The molecular weight excluding hydrogens is 256 g/mol. The monoisotopic (exact) mass is 272 g/mol. The van der Waals surface area contributed by atoms with Crippen LogP contribution in [-0.4, -0.2) is 21.1 Å². The fourth-order valence-electron chi connectivity index (χ4n) is 2.41. The molecule has 0 bridgehead atoms. The van der Waals surface area contributed by atoms with Crippen molar-refractivity contribution >= 4 is 5.78 Å². The molecule has 0 heterocycles.